The van der Waals surface area contributed by atoms with Gasteiger partial charge in [0.2, 0.25) is 0 Å². The molecule has 0 saturated carbocycles. The molecular weight excluding hydrogens is 178 g/mol. The van der Waals surface area contributed by atoms with Gasteiger partial charge in [-0.1, -0.05) is 18.2 Å². The number of aldehydes is 1. The van der Waals surface area contributed by atoms with E-state index in [1.807, 2.05) is 24.3 Å². The van der Waals surface area contributed by atoms with E-state index in [9.17, 15) is 4.79 Å². The summed E-state index contributed by atoms with van der Waals surface area (Å²) >= 11 is 0. The Labute approximate surface area is 83.2 Å². The summed E-state index contributed by atoms with van der Waals surface area (Å²) in [6, 6.07) is 7.40. The molecule has 1 aromatic carbocycles. The normalized spacial score (nSPS) is 12.7. The number of ether oxygens (including phenoxy) is 1. The molecule has 0 aliphatic rings. The maximum Gasteiger partial charge on any atom is 0.144 e. The highest BCUT2D eigenvalue weighted by Gasteiger charge is 2.01. The van der Waals surface area contributed by atoms with Crippen molar-refractivity contribution in [2.75, 3.05) is 0 Å². The molecule has 74 valence electrons. The van der Waals surface area contributed by atoms with Crippen LogP contribution in [0.1, 0.15) is 12.5 Å². The largest absolute Gasteiger partial charge is 0.475 e. The quantitative estimate of drug-likeness (QED) is 0.446. The predicted octanol–water partition coefficient (Wildman–Crippen LogP) is 1.58. The summed E-state index contributed by atoms with van der Waals surface area (Å²) in [5, 5.41) is 0. The summed E-state index contributed by atoms with van der Waals surface area (Å²) in [6.07, 6.45) is 3.47. The second-order valence-corrected chi connectivity index (χ2v) is 2.86. The third-order valence-corrected chi connectivity index (χ3v) is 1.59. The highest BCUT2D eigenvalue weighted by molar-refractivity contribution is 5.75. The number of allylic oxidation sites excluding steroid dienone is 1. The Morgan fingerprint density at radius 2 is 2.14 bits per heavy atom. The van der Waals surface area contributed by atoms with E-state index in [0.717, 1.165) is 11.8 Å². The number of carbonyl (C=O) groups is 1. The minimum absolute atomic E-state index is 0.360. The molecular formula is C11H13NO2. The number of carbonyl (C=O) groups excluding carboxylic acids is 1. The van der Waals surface area contributed by atoms with Gasteiger partial charge in [0.05, 0.1) is 0 Å². The maximum atomic E-state index is 10.2. The fourth-order valence-electron chi connectivity index (χ4n) is 1.07. The Balaban J connectivity index is 2.90. The molecule has 0 heterocycles. The summed E-state index contributed by atoms with van der Waals surface area (Å²) in [7, 11) is 0. The minimum atomic E-state index is -0.360. The highest BCUT2D eigenvalue weighted by atomic mass is 16.5. The molecule has 0 aliphatic carbocycles. The number of benzene rings is 1. The highest BCUT2D eigenvalue weighted by Crippen LogP contribution is 2.19. The number of hydrogen-bond acceptors (Lipinski definition) is 3. The van der Waals surface area contributed by atoms with E-state index in [1.165, 1.54) is 6.08 Å². The van der Waals surface area contributed by atoms with Crippen LogP contribution in [0.2, 0.25) is 0 Å². The van der Waals surface area contributed by atoms with Crippen LogP contribution < -0.4 is 10.5 Å². The third kappa shape index (κ3) is 3.03. The third-order valence-electron chi connectivity index (χ3n) is 1.59. The molecule has 0 saturated heterocycles. The van der Waals surface area contributed by atoms with Crippen LogP contribution in [-0.2, 0) is 4.79 Å². The average molecular weight is 191 g/mol. The van der Waals surface area contributed by atoms with Crippen LogP contribution in [0, 0.1) is 0 Å². The average Bonchev–Trinajstić information content (AvgIpc) is 2.16. The van der Waals surface area contributed by atoms with E-state index in [4.69, 9.17) is 10.5 Å². The lowest BCUT2D eigenvalue weighted by Crippen LogP contribution is -2.22. The van der Waals surface area contributed by atoms with Gasteiger partial charge in [-0.2, -0.15) is 0 Å². The second kappa shape index (κ2) is 5.19. The van der Waals surface area contributed by atoms with E-state index >= 15 is 0 Å². The Hall–Kier alpha value is -1.61. The first-order chi connectivity index (χ1) is 6.74. The van der Waals surface area contributed by atoms with Gasteiger partial charge in [0, 0.05) is 5.56 Å². The summed E-state index contributed by atoms with van der Waals surface area (Å²) in [5.41, 5.74) is 6.35. The fraction of sp³-hybridized carbons (Fsp3) is 0.182. The molecule has 0 aliphatic heterocycles. The summed E-state index contributed by atoms with van der Waals surface area (Å²) in [6.45, 7) is 1.75. The Morgan fingerprint density at radius 1 is 1.43 bits per heavy atom. The number of nitrogens with two attached hydrogens (primary N) is 1. The van der Waals surface area contributed by atoms with Crippen molar-refractivity contribution in [3.05, 3.63) is 35.9 Å². The standard InChI is InChI=1S/C11H13NO2/c1-9(12)14-11-7-3-2-5-10(11)6-4-8-13/h2-9H,12H2,1H3/b6-4+. The van der Waals surface area contributed by atoms with E-state index in [1.54, 1.807) is 13.0 Å². The van der Waals surface area contributed by atoms with Gasteiger partial charge in [0.25, 0.3) is 0 Å². The van der Waals surface area contributed by atoms with Gasteiger partial charge in [0.1, 0.15) is 18.3 Å². The molecule has 14 heavy (non-hydrogen) atoms. The van der Waals surface area contributed by atoms with Gasteiger partial charge in [-0.25, -0.2) is 0 Å². The number of para-hydroxylation sites is 1. The molecule has 0 aromatic heterocycles. The smallest absolute Gasteiger partial charge is 0.144 e. The van der Waals surface area contributed by atoms with Crippen molar-refractivity contribution < 1.29 is 9.53 Å². The molecule has 0 fully saturated rings. The molecule has 1 rings (SSSR count). The van der Waals surface area contributed by atoms with E-state index in [-0.39, 0.29) is 6.23 Å². The maximum absolute atomic E-state index is 10.2. The Kier molecular flexibility index (Phi) is 3.88. The fourth-order valence-corrected chi connectivity index (χ4v) is 1.07. The molecule has 0 radical (unpaired) electrons. The number of hydrogen-bond donors (Lipinski definition) is 1. The lowest BCUT2D eigenvalue weighted by Gasteiger charge is -2.11. The SMILES string of the molecule is CC(N)Oc1ccccc1/C=C/C=O. The van der Waals surface area contributed by atoms with E-state index < -0.39 is 0 Å². The molecule has 1 aromatic rings. The van der Waals surface area contributed by atoms with Crippen molar-refractivity contribution >= 4 is 12.4 Å². The number of rotatable bonds is 4. The molecule has 0 spiro atoms. The Morgan fingerprint density at radius 3 is 2.79 bits per heavy atom. The summed E-state index contributed by atoms with van der Waals surface area (Å²) < 4.78 is 5.35. The van der Waals surface area contributed by atoms with Crippen molar-refractivity contribution in [2.45, 2.75) is 13.2 Å². The van der Waals surface area contributed by atoms with Gasteiger partial charge < -0.3 is 4.74 Å². The molecule has 2 N–H and O–H groups in total. The molecule has 3 heteroatoms. The molecule has 1 unspecified atom stereocenters. The monoisotopic (exact) mass is 191 g/mol. The van der Waals surface area contributed by atoms with Crippen LogP contribution in [0.25, 0.3) is 6.08 Å². The minimum Gasteiger partial charge on any atom is -0.475 e. The van der Waals surface area contributed by atoms with Crippen LogP contribution in [0.4, 0.5) is 0 Å². The zero-order valence-electron chi connectivity index (χ0n) is 8.01. The van der Waals surface area contributed by atoms with Crippen LogP contribution in [-0.4, -0.2) is 12.5 Å². The molecule has 0 amide bonds. The van der Waals surface area contributed by atoms with Gasteiger partial charge in [0.15, 0.2) is 0 Å². The van der Waals surface area contributed by atoms with Gasteiger partial charge >= 0.3 is 0 Å². The zero-order valence-corrected chi connectivity index (χ0v) is 8.01. The van der Waals surface area contributed by atoms with Crippen molar-refractivity contribution in [1.29, 1.82) is 0 Å². The Bertz CT molecular complexity index is 332. The van der Waals surface area contributed by atoms with Crippen molar-refractivity contribution in [3.63, 3.8) is 0 Å². The summed E-state index contributed by atoms with van der Waals surface area (Å²) in [5.74, 6) is 0.681. The van der Waals surface area contributed by atoms with Crippen LogP contribution in [0.15, 0.2) is 30.3 Å². The topological polar surface area (TPSA) is 52.3 Å². The van der Waals surface area contributed by atoms with E-state index in [2.05, 4.69) is 0 Å². The van der Waals surface area contributed by atoms with Crippen LogP contribution in [0.3, 0.4) is 0 Å². The molecule has 0 bridgehead atoms. The first kappa shape index (κ1) is 10.5. The molecule has 1 atom stereocenters. The van der Waals surface area contributed by atoms with Crippen molar-refractivity contribution in [3.8, 4) is 5.75 Å². The summed E-state index contributed by atoms with van der Waals surface area (Å²) in [4.78, 5) is 10.2. The zero-order chi connectivity index (χ0) is 10.4. The first-order valence-electron chi connectivity index (χ1n) is 4.37. The van der Waals surface area contributed by atoms with Gasteiger partial charge in [-0.05, 0) is 25.1 Å². The van der Waals surface area contributed by atoms with Crippen molar-refractivity contribution in [1.82, 2.24) is 0 Å². The van der Waals surface area contributed by atoms with Gasteiger partial charge in [-0.3, -0.25) is 10.5 Å². The predicted molar refractivity (Wildman–Crippen MR) is 55.8 cm³/mol. The van der Waals surface area contributed by atoms with Crippen LogP contribution >= 0.6 is 0 Å². The second-order valence-electron chi connectivity index (χ2n) is 2.86. The van der Waals surface area contributed by atoms with E-state index in [0.29, 0.717) is 5.75 Å². The first-order valence-corrected chi connectivity index (χ1v) is 4.37. The lowest BCUT2D eigenvalue weighted by atomic mass is 10.2. The lowest BCUT2D eigenvalue weighted by molar-refractivity contribution is -0.104. The van der Waals surface area contributed by atoms with Gasteiger partial charge in [-0.15, -0.1) is 0 Å². The van der Waals surface area contributed by atoms with Crippen molar-refractivity contribution in [2.24, 2.45) is 5.73 Å². The molecule has 3 nitrogen and oxygen atoms in total. The van der Waals surface area contributed by atoms with Crippen LogP contribution in [0.5, 0.6) is 5.75 Å².